The lowest BCUT2D eigenvalue weighted by Gasteiger charge is -2.37. The van der Waals surface area contributed by atoms with E-state index in [1.165, 1.54) is 6.42 Å². The van der Waals surface area contributed by atoms with Crippen molar-refractivity contribution < 1.29 is 4.79 Å². The highest BCUT2D eigenvalue weighted by atomic mass is 35.5. The smallest absolute Gasteiger partial charge is 0.239 e. The van der Waals surface area contributed by atoms with Gasteiger partial charge in [0, 0.05) is 26.2 Å². The van der Waals surface area contributed by atoms with E-state index in [2.05, 4.69) is 39.5 Å². The lowest BCUT2D eigenvalue weighted by atomic mass is 9.92. The summed E-state index contributed by atoms with van der Waals surface area (Å²) in [4.78, 5) is 16.6. The van der Waals surface area contributed by atoms with Crippen LogP contribution in [-0.4, -0.2) is 54.5 Å². The standard InChI is InChI=1S/C16H33N3O.2ClH/c1-13(2)12-14(17)15(20)19-10-8-18(9-11-19)7-6-16(3,4)5;;/h13-14H,6-12,17H2,1-5H3;2*1H/t14-;;/m0../s1. The van der Waals surface area contributed by atoms with Crippen LogP contribution in [0, 0.1) is 11.3 Å². The summed E-state index contributed by atoms with van der Waals surface area (Å²) in [5.74, 6) is 0.608. The topological polar surface area (TPSA) is 49.6 Å². The van der Waals surface area contributed by atoms with Gasteiger partial charge in [0.05, 0.1) is 6.04 Å². The molecule has 4 nitrogen and oxygen atoms in total. The number of nitrogens with two attached hydrogens (primary N) is 1. The van der Waals surface area contributed by atoms with E-state index in [4.69, 9.17) is 5.73 Å². The largest absolute Gasteiger partial charge is 0.339 e. The van der Waals surface area contributed by atoms with Crippen molar-refractivity contribution in [3.05, 3.63) is 0 Å². The third-order valence-corrected chi connectivity index (χ3v) is 3.90. The minimum atomic E-state index is -0.323. The molecule has 0 spiro atoms. The van der Waals surface area contributed by atoms with Crippen molar-refractivity contribution in [1.82, 2.24) is 9.80 Å². The van der Waals surface area contributed by atoms with Gasteiger partial charge in [-0.1, -0.05) is 34.6 Å². The van der Waals surface area contributed by atoms with Crippen molar-refractivity contribution >= 4 is 30.7 Å². The van der Waals surface area contributed by atoms with E-state index < -0.39 is 0 Å². The normalized spacial score (nSPS) is 17.7. The van der Waals surface area contributed by atoms with Crippen molar-refractivity contribution in [3.63, 3.8) is 0 Å². The number of carbonyl (C=O) groups is 1. The molecule has 1 aliphatic heterocycles. The number of piperazine rings is 1. The summed E-state index contributed by atoms with van der Waals surface area (Å²) in [6.07, 6.45) is 1.98. The van der Waals surface area contributed by atoms with E-state index >= 15 is 0 Å². The Morgan fingerprint density at radius 2 is 1.59 bits per heavy atom. The van der Waals surface area contributed by atoms with Crippen LogP contribution in [0.5, 0.6) is 0 Å². The summed E-state index contributed by atoms with van der Waals surface area (Å²) < 4.78 is 0. The number of hydrogen-bond donors (Lipinski definition) is 1. The molecule has 1 fully saturated rings. The Bertz CT molecular complexity index is 311. The van der Waals surface area contributed by atoms with Crippen molar-refractivity contribution in [2.75, 3.05) is 32.7 Å². The van der Waals surface area contributed by atoms with Crippen LogP contribution < -0.4 is 5.73 Å². The summed E-state index contributed by atoms with van der Waals surface area (Å²) in [5.41, 5.74) is 6.38. The van der Waals surface area contributed by atoms with Gasteiger partial charge in [-0.25, -0.2) is 0 Å². The molecule has 1 aliphatic rings. The number of nitrogens with zero attached hydrogens (tertiary/aromatic N) is 2. The van der Waals surface area contributed by atoms with E-state index in [1.54, 1.807) is 0 Å². The van der Waals surface area contributed by atoms with Crippen LogP contribution in [0.1, 0.15) is 47.5 Å². The molecule has 0 aromatic heterocycles. The van der Waals surface area contributed by atoms with Gasteiger partial charge in [0.25, 0.3) is 0 Å². The van der Waals surface area contributed by atoms with Crippen molar-refractivity contribution in [1.29, 1.82) is 0 Å². The highest BCUT2D eigenvalue weighted by molar-refractivity contribution is 5.85. The first-order chi connectivity index (χ1) is 9.19. The Labute approximate surface area is 149 Å². The predicted molar refractivity (Wildman–Crippen MR) is 99.0 cm³/mol. The Morgan fingerprint density at radius 1 is 1.09 bits per heavy atom. The second-order valence-electron chi connectivity index (χ2n) is 7.71. The van der Waals surface area contributed by atoms with Crippen LogP contribution in [0.15, 0.2) is 0 Å². The molecule has 0 saturated carbocycles. The third kappa shape index (κ3) is 9.19. The van der Waals surface area contributed by atoms with Gasteiger partial charge in [-0.2, -0.15) is 0 Å². The van der Waals surface area contributed by atoms with Gasteiger partial charge in [0.2, 0.25) is 5.91 Å². The molecule has 0 unspecified atom stereocenters. The molecule has 1 saturated heterocycles. The number of amides is 1. The average Bonchev–Trinajstić information content (AvgIpc) is 2.34. The molecule has 1 rings (SSSR count). The summed E-state index contributed by atoms with van der Waals surface area (Å²) in [7, 11) is 0. The minimum absolute atomic E-state index is 0. The van der Waals surface area contributed by atoms with E-state index in [0.29, 0.717) is 11.3 Å². The molecule has 1 amide bonds. The SMILES string of the molecule is CC(C)C[C@H](N)C(=O)N1CCN(CCC(C)(C)C)CC1.Cl.Cl. The number of carbonyl (C=O) groups excluding carboxylic acids is 1. The van der Waals surface area contributed by atoms with Gasteiger partial charge in [-0.3, -0.25) is 9.69 Å². The molecule has 0 bridgehead atoms. The Balaban J connectivity index is 0. The summed E-state index contributed by atoms with van der Waals surface area (Å²) in [5, 5.41) is 0. The van der Waals surface area contributed by atoms with Crippen molar-refractivity contribution in [2.45, 2.75) is 53.5 Å². The summed E-state index contributed by atoms with van der Waals surface area (Å²) >= 11 is 0. The van der Waals surface area contributed by atoms with Crippen LogP contribution >= 0.6 is 24.8 Å². The third-order valence-electron chi connectivity index (χ3n) is 3.90. The average molecular weight is 356 g/mol. The van der Waals surface area contributed by atoms with Crippen LogP contribution in [-0.2, 0) is 4.79 Å². The summed E-state index contributed by atoms with van der Waals surface area (Å²) in [6, 6.07) is -0.323. The fourth-order valence-electron chi connectivity index (χ4n) is 2.53. The fourth-order valence-corrected chi connectivity index (χ4v) is 2.53. The first-order valence-electron chi connectivity index (χ1n) is 7.96. The van der Waals surface area contributed by atoms with E-state index in [0.717, 1.165) is 39.1 Å². The lowest BCUT2D eigenvalue weighted by Crippen LogP contribution is -2.53. The Hall–Kier alpha value is -0.0300. The van der Waals surface area contributed by atoms with E-state index in [-0.39, 0.29) is 36.8 Å². The van der Waals surface area contributed by atoms with E-state index in [9.17, 15) is 4.79 Å². The second kappa shape index (κ2) is 10.7. The van der Waals surface area contributed by atoms with Gasteiger partial charge in [0.1, 0.15) is 0 Å². The van der Waals surface area contributed by atoms with Gasteiger partial charge in [0.15, 0.2) is 0 Å². The zero-order valence-corrected chi connectivity index (χ0v) is 16.4. The molecular weight excluding hydrogens is 321 g/mol. The fraction of sp³-hybridized carbons (Fsp3) is 0.938. The van der Waals surface area contributed by atoms with Crippen LogP contribution in [0.2, 0.25) is 0 Å². The van der Waals surface area contributed by atoms with Crippen LogP contribution in [0.4, 0.5) is 0 Å². The number of rotatable bonds is 5. The van der Waals surface area contributed by atoms with Gasteiger partial charge in [-0.05, 0) is 30.7 Å². The Morgan fingerprint density at radius 3 is 2.00 bits per heavy atom. The van der Waals surface area contributed by atoms with Gasteiger partial charge >= 0.3 is 0 Å². The Kier molecular flexibility index (Phi) is 11.8. The first kappa shape index (κ1) is 24.2. The second-order valence-corrected chi connectivity index (χ2v) is 7.71. The highest BCUT2D eigenvalue weighted by Gasteiger charge is 2.26. The van der Waals surface area contributed by atoms with Gasteiger partial charge in [-0.15, -0.1) is 24.8 Å². The number of halogens is 2. The molecule has 0 aromatic rings. The molecule has 0 aliphatic carbocycles. The molecule has 1 heterocycles. The van der Waals surface area contributed by atoms with Crippen LogP contribution in [0.3, 0.4) is 0 Å². The maximum Gasteiger partial charge on any atom is 0.239 e. The van der Waals surface area contributed by atoms with Gasteiger partial charge < -0.3 is 10.6 Å². The zero-order chi connectivity index (χ0) is 15.3. The predicted octanol–water partition coefficient (Wildman–Crippen LogP) is 2.78. The van der Waals surface area contributed by atoms with E-state index in [1.807, 2.05) is 4.90 Å². The molecule has 22 heavy (non-hydrogen) atoms. The van der Waals surface area contributed by atoms with Crippen molar-refractivity contribution in [2.24, 2.45) is 17.1 Å². The minimum Gasteiger partial charge on any atom is -0.339 e. The molecule has 134 valence electrons. The summed E-state index contributed by atoms with van der Waals surface area (Å²) in [6.45, 7) is 15.8. The van der Waals surface area contributed by atoms with Crippen LogP contribution in [0.25, 0.3) is 0 Å². The monoisotopic (exact) mass is 355 g/mol. The molecule has 0 aromatic carbocycles. The maximum atomic E-state index is 12.2. The molecule has 2 N–H and O–H groups in total. The maximum absolute atomic E-state index is 12.2. The highest BCUT2D eigenvalue weighted by Crippen LogP contribution is 2.19. The lowest BCUT2D eigenvalue weighted by molar-refractivity contribution is -0.134. The van der Waals surface area contributed by atoms with Crippen molar-refractivity contribution in [3.8, 4) is 0 Å². The first-order valence-corrected chi connectivity index (χ1v) is 7.96. The quantitative estimate of drug-likeness (QED) is 0.824. The zero-order valence-electron chi connectivity index (χ0n) is 14.8. The number of hydrogen-bond acceptors (Lipinski definition) is 3. The molecule has 1 atom stereocenters. The molecule has 0 radical (unpaired) electrons. The molecular formula is C16H35Cl2N3O. The molecule has 6 heteroatoms.